The van der Waals surface area contributed by atoms with Crippen molar-refractivity contribution < 1.29 is 11.9 Å². The number of unbranched alkanes of at least 4 members (excludes halogenated alkanes) is 3. The highest BCUT2D eigenvalue weighted by atomic mass is 14.9. The van der Waals surface area contributed by atoms with Gasteiger partial charge < -0.3 is 0 Å². The summed E-state index contributed by atoms with van der Waals surface area (Å²) >= 11 is 0. The number of hydrogen-bond donors (Lipinski definition) is 0. The molecule has 0 unspecified atom stereocenters. The van der Waals surface area contributed by atoms with Crippen LogP contribution in [0.2, 0.25) is 0 Å². The minimum atomic E-state index is -1.26. The second-order valence-corrected chi connectivity index (χ2v) is 17.3. The van der Waals surface area contributed by atoms with Crippen LogP contribution >= 0.6 is 0 Å². The normalized spacial score (nSPS) is 17.6. The summed E-state index contributed by atoms with van der Waals surface area (Å²) in [6.45, 7) is 6.51. The maximum Gasteiger partial charge on any atom is 0.213 e. The van der Waals surface area contributed by atoms with Crippen molar-refractivity contribution in [3.8, 4) is 44.8 Å². The molecule has 4 aromatic carbocycles. The molecular weight excluding hydrogens is 701 g/mol. The van der Waals surface area contributed by atoms with E-state index in [9.17, 15) is 0 Å². The van der Waals surface area contributed by atoms with Gasteiger partial charge in [-0.05, 0) is 127 Å². The van der Waals surface area contributed by atoms with Gasteiger partial charge in [0.25, 0.3) is 0 Å². The van der Waals surface area contributed by atoms with Gasteiger partial charge in [-0.1, -0.05) is 143 Å². The first kappa shape index (κ1) is 38.7. The molecule has 0 radical (unpaired) electrons. The molecular formula is C56H68N2+2. The lowest BCUT2D eigenvalue weighted by Gasteiger charge is -2.32. The fourth-order valence-electron chi connectivity index (χ4n) is 9.62. The van der Waals surface area contributed by atoms with E-state index >= 15 is 0 Å². The third kappa shape index (κ3) is 10.4. The molecule has 2 nitrogen and oxygen atoms in total. The lowest BCUT2D eigenvalue weighted by Crippen LogP contribution is -2.30. The molecule has 0 bridgehead atoms. The summed E-state index contributed by atoms with van der Waals surface area (Å²) in [4.78, 5) is 0. The number of aromatic nitrogens is 2. The SMILES string of the molecule is Cc1ccccc1-c1cc(-c2ccc(C3CCC(C4CCCC4)CC3)cc2)cc[n+]1C.[2H]C([2H])(CCCCCC)c1ccc(-c2cc[n+](C)c(-c3ccccc3C)c2)cc1. The Morgan fingerprint density at radius 2 is 1.00 bits per heavy atom. The van der Waals surface area contributed by atoms with Crippen LogP contribution in [0.25, 0.3) is 44.8 Å². The van der Waals surface area contributed by atoms with Gasteiger partial charge in [0.1, 0.15) is 14.1 Å². The topological polar surface area (TPSA) is 7.76 Å². The highest BCUT2D eigenvalue weighted by molar-refractivity contribution is 5.71. The van der Waals surface area contributed by atoms with Gasteiger partial charge in [-0.2, -0.15) is 0 Å². The summed E-state index contributed by atoms with van der Waals surface area (Å²) < 4.78 is 21.3. The van der Waals surface area contributed by atoms with Crippen LogP contribution in [0.3, 0.4) is 0 Å². The van der Waals surface area contributed by atoms with Gasteiger partial charge in [0.15, 0.2) is 12.4 Å². The zero-order valence-electron chi connectivity index (χ0n) is 38.0. The van der Waals surface area contributed by atoms with Crippen molar-refractivity contribution in [3.05, 3.63) is 156 Å². The Morgan fingerprint density at radius 3 is 1.52 bits per heavy atom. The largest absolute Gasteiger partial charge is 0.213 e. The highest BCUT2D eigenvalue weighted by Gasteiger charge is 2.30. The van der Waals surface area contributed by atoms with Gasteiger partial charge >= 0.3 is 0 Å². The Balaban J connectivity index is 0.000000182. The van der Waals surface area contributed by atoms with Gasteiger partial charge in [0, 0.05) is 38.1 Å². The maximum absolute atomic E-state index is 8.44. The summed E-state index contributed by atoms with van der Waals surface area (Å²) in [5, 5.41) is 0. The van der Waals surface area contributed by atoms with E-state index in [4.69, 9.17) is 2.74 Å². The maximum atomic E-state index is 8.44. The average molecular weight is 771 g/mol. The van der Waals surface area contributed by atoms with Crippen LogP contribution in [0, 0.1) is 25.7 Å². The minimum Gasteiger partial charge on any atom is -0.201 e. The van der Waals surface area contributed by atoms with E-state index in [-0.39, 0.29) is 0 Å². The van der Waals surface area contributed by atoms with E-state index in [0.29, 0.717) is 6.42 Å². The van der Waals surface area contributed by atoms with Gasteiger partial charge in [0.05, 0.1) is 0 Å². The fraction of sp³-hybridized carbons (Fsp3) is 0.393. The van der Waals surface area contributed by atoms with Crippen molar-refractivity contribution in [2.45, 2.75) is 117 Å². The van der Waals surface area contributed by atoms with E-state index in [2.05, 4.69) is 166 Å². The van der Waals surface area contributed by atoms with E-state index in [0.717, 1.165) is 47.3 Å². The number of nitrogens with zero attached hydrogens (tertiary/aromatic N) is 2. The monoisotopic (exact) mass is 771 g/mol. The number of rotatable bonds is 12. The predicted octanol–water partition coefficient (Wildman–Crippen LogP) is 14.3. The molecule has 0 N–H and O–H groups in total. The molecule has 2 aromatic heterocycles. The summed E-state index contributed by atoms with van der Waals surface area (Å²) in [6, 6.07) is 43.5. The van der Waals surface area contributed by atoms with Crippen molar-refractivity contribution in [1.82, 2.24) is 0 Å². The highest BCUT2D eigenvalue weighted by Crippen LogP contribution is 2.44. The number of aryl methyl sites for hydroxylation is 5. The molecule has 2 saturated carbocycles. The molecule has 2 aliphatic carbocycles. The molecule has 0 aliphatic heterocycles. The van der Waals surface area contributed by atoms with Crippen molar-refractivity contribution in [2.75, 3.05) is 0 Å². The smallest absolute Gasteiger partial charge is 0.201 e. The molecule has 0 saturated heterocycles. The molecule has 2 heteroatoms. The van der Waals surface area contributed by atoms with Crippen LogP contribution < -0.4 is 9.13 Å². The molecule has 0 atom stereocenters. The molecule has 2 aliphatic rings. The first-order valence-corrected chi connectivity index (χ1v) is 22.4. The van der Waals surface area contributed by atoms with E-state index in [1.165, 1.54) is 109 Å². The molecule has 0 spiro atoms. The zero-order valence-corrected chi connectivity index (χ0v) is 36.0. The molecule has 300 valence electrons. The molecule has 2 heterocycles. The van der Waals surface area contributed by atoms with Crippen LogP contribution in [-0.4, -0.2) is 0 Å². The number of benzene rings is 4. The number of hydrogen-bond acceptors (Lipinski definition) is 0. The first-order valence-electron chi connectivity index (χ1n) is 23.4. The lowest BCUT2D eigenvalue weighted by atomic mass is 9.73. The zero-order chi connectivity index (χ0) is 42.1. The standard InChI is InChI=1S/C30H36N.C26H32N/c1-22-7-3-6-10-29(22)30-21-28(19-20-31(30)2)27-17-15-26(16-18-27)25-13-11-24(12-14-25)23-8-4-5-9-23;1-4-5-6-7-8-12-22-14-16-23(17-15-22)24-18-19-27(3)26(20-24)25-13-10-9-11-21(25)2/h3,6-7,10,15-21,23-25H,4-5,8-9,11-14H2,1-2H3;9-11,13-20H,4-8,12H2,1-3H3/q2*+1/i;12D2. The summed E-state index contributed by atoms with van der Waals surface area (Å²) in [7, 11) is 4.21. The fourth-order valence-corrected chi connectivity index (χ4v) is 9.62. The van der Waals surface area contributed by atoms with Gasteiger partial charge in [0.2, 0.25) is 11.4 Å². The lowest BCUT2D eigenvalue weighted by molar-refractivity contribution is -0.660. The first-order chi connectivity index (χ1) is 29.1. The molecule has 2 fully saturated rings. The summed E-state index contributed by atoms with van der Waals surface area (Å²) in [6.07, 6.45) is 19.7. The number of pyridine rings is 2. The summed E-state index contributed by atoms with van der Waals surface area (Å²) in [5.41, 5.74) is 14.8. The second-order valence-electron chi connectivity index (χ2n) is 17.3. The van der Waals surface area contributed by atoms with E-state index in [1.807, 2.05) is 12.1 Å². The average Bonchev–Trinajstić information content (AvgIpc) is 3.82. The summed E-state index contributed by atoms with van der Waals surface area (Å²) in [5.74, 6) is 2.83. The Bertz CT molecular complexity index is 2290. The molecule has 58 heavy (non-hydrogen) atoms. The van der Waals surface area contributed by atoms with Crippen LogP contribution in [0.4, 0.5) is 0 Å². The van der Waals surface area contributed by atoms with Crippen molar-refractivity contribution in [2.24, 2.45) is 25.9 Å². The van der Waals surface area contributed by atoms with Crippen LogP contribution in [0.15, 0.2) is 134 Å². The van der Waals surface area contributed by atoms with E-state index in [1.54, 1.807) is 5.56 Å². The van der Waals surface area contributed by atoms with Crippen LogP contribution in [0.5, 0.6) is 0 Å². The van der Waals surface area contributed by atoms with Gasteiger partial charge in [-0.3, -0.25) is 0 Å². The van der Waals surface area contributed by atoms with E-state index < -0.39 is 6.37 Å². The van der Waals surface area contributed by atoms with Crippen molar-refractivity contribution in [3.63, 3.8) is 0 Å². The van der Waals surface area contributed by atoms with Crippen molar-refractivity contribution in [1.29, 1.82) is 0 Å². The third-order valence-corrected chi connectivity index (χ3v) is 13.3. The Morgan fingerprint density at radius 1 is 0.517 bits per heavy atom. The predicted molar refractivity (Wildman–Crippen MR) is 246 cm³/mol. The molecule has 6 aromatic rings. The van der Waals surface area contributed by atoms with Crippen molar-refractivity contribution >= 4 is 0 Å². The second kappa shape index (κ2) is 20.2. The quantitative estimate of drug-likeness (QED) is 0.0865. The van der Waals surface area contributed by atoms with Gasteiger partial charge in [-0.25, -0.2) is 9.13 Å². The van der Waals surface area contributed by atoms with Crippen LogP contribution in [0.1, 0.15) is 121 Å². The minimum absolute atomic E-state index is 0.588. The Kier molecular flexibility index (Phi) is 13.5. The van der Waals surface area contributed by atoms with Crippen LogP contribution in [-0.2, 0) is 20.5 Å². The molecule has 0 amide bonds. The van der Waals surface area contributed by atoms with Gasteiger partial charge in [-0.15, -0.1) is 0 Å². The molecule has 8 rings (SSSR count). The Hall–Kier alpha value is -4.82. The Labute approximate surface area is 353 Å². The third-order valence-electron chi connectivity index (χ3n) is 13.3.